The summed E-state index contributed by atoms with van der Waals surface area (Å²) in [5.74, 6) is 0. The quantitative estimate of drug-likeness (QED) is 0.553. The van der Waals surface area contributed by atoms with Gasteiger partial charge in [-0.25, -0.2) is 0 Å². The molecule has 1 aromatic carbocycles. The van der Waals surface area contributed by atoms with E-state index in [9.17, 15) is 5.73 Å². The van der Waals surface area contributed by atoms with E-state index in [0.717, 1.165) is 10.8 Å². The lowest BCUT2D eigenvalue weighted by Crippen LogP contribution is -1.76. The molecular formula is C9H6N2. The van der Waals surface area contributed by atoms with Gasteiger partial charge in [0.1, 0.15) is 0 Å². The summed E-state index contributed by atoms with van der Waals surface area (Å²) in [7, 11) is 0. The van der Waals surface area contributed by atoms with Crippen LogP contribution in [0.25, 0.3) is 10.8 Å². The molecule has 2 rings (SSSR count). The standard InChI is InChI=1S/C9H6N2/c10-9-3-1-2-7-6-11-5-4-8(7)9/h1-6H. The molecule has 0 aliphatic heterocycles. The van der Waals surface area contributed by atoms with E-state index < -0.39 is 0 Å². The molecule has 0 unspecified atom stereocenters. The topological polar surface area (TPSA) is 35.2 Å². The van der Waals surface area contributed by atoms with Crippen molar-refractivity contribution in [2.45, 2.75) is 0 Å². The van der Waals surface area contributed by atoms with Crippen molar-refractivity contribution >= 4 is 16.5 Å². The molecule has 2 nitrogen and oxygen atoms in total. The summed E-state index contributed by atoms with van der Waals surface area (Å²) < 4.78 is 0. The fraction of sp³-hybridized carbons (Fsp3) is 0. The molecule has 0 fully saturated rings. The van der Waals surface area contributed by atoms with Crippen molar-refractivity contribution in [2.24, 2.45) is 0 Å². The maximum Gasteiger partial charge on any atom is 0.0936 e. The van der Waals surface area contributed by atoms with Crippen LogP contribution in [-0.2, 0) is 0 Å². The van der Waals surface area contributed by atoms with Crippen LogP contribution in [0.15, 0.2) is 36.7 Å². The lowest BCUT2D eigenvalue weighted by Gasteiger charge is -1.95. The van der Waals surface area contributed by atoms with Crippen molar-refractivity contribution in [3.8, 4) is 0 Å². The number of nitrogens with zero attached hydrogens (tertiary/aromatic N) is 2. The average molecular weight is 142 g/mol. The van der Waals surface area contributed by atoms with Crippen molar-refractivity contribution in [1.29, 1.82) is 0 Å². The summed E-state index contributed by atoms with van der Waals surface area (Å²) in [6, 6.07) is 7.19. The Bertz CT molecular complexity index is 377. The summed E-state index contributed by atoms with van der Waals surface area (Å²) in [6.07, 6.45) is 3.40. The minimum Gasteiger partial charge on any atom is -0.264 e. The SMILES string of the molecule is [N]c1cccc2cnccc12. The van der Waals surface area contributed by atoms with Crippen LogP contribution in [0.2, 0.25) is 0 Å². The van der Waals surface area contributed by atoms with E-state index in [1.807, 2.05) is 6.07 Å². The van der Waals surface area contributed by atoms with Crippen molar-refractivity contribution < 1.29 is 0 Å². The second-order valence-electron chi connectivity index (χ2n) is 2.37. The van der Waals surface area contributed by atoms with E-state index in [0.29, 0.717) is 5.69 Å². The Morgan fingerprint density at radius 1 is 1.18 bits per heavy atom. The van der Waals surface area contributed by atoms with E-state index in [-0.39, 0.29) is 0 Å². The van der Waals surface area contributed by atoms with Gasteiger partial charge in [-0.1, -0.05) is 12.1 Å². The van der Waals surface area contributed by atoms with E-state index in [1.54, 1.807) is 30.6 Å². The summed E-state index contributed by atoms with van der Waals surface area (Å²) in [5, 5.41) is 1.81. The zero-order chi connectivity index (χ0) is 7.68. The first-order chi connectivity index (χ1) is 5.38. The highest BCUT2D eigenvalue weighted by atomic mass is 14.6. The molecule has 0 bridgehead atoms. The number of benzene rings is 1. The van der Waals surface area contributed by atoms with Gasteiger partial charge in [0, 0.05) is 23.2 Å². The first-order valence-corrected chi connectivity index (χ1v) is 3.39. The number of hydrogen-bond donors (Lipinski definition) is 0. The van der Waals surface area contributed by atoms with Crippen LogP contribution in [0.4, 0.5) is 5.69 Å². The zero-order valence-electron chi connectivity index (χ0n) is 5.86. The Balaban J connectivity index is 2.91. The molecule has 1 aromatic heterocycles. The van der Waals surface area contributed by atoms with Gasteiger partial charge in [-0.05, 0) is 12.1 Å². The van der Waals surface area contributed by atoms with Crippen LogP contribution in [-0.4, -0.2) is 4.98 Å². The number of fused-ring (bicyclic) bond motifs is 1. The van der Waals surface area contributed by atoms with Crippen LogP contribution in [0, 0.1) is 0 Å². The Kier molecular flexibility index (Phi) is 1.25. The monoisotopic (exact) mass is 142 g/mol. The van der Waals surface area contributed by atoms with Gasteiger partial charge in [0.25, 0.3) is 0 Å². The maximum atomic E-state index is 9.34. The van der Waals surface area contributed by atoms with Crippen LogP contribution < -0.4 is 5.73 Å². The molecule has 0 aliphatic rings. The number of hydrogen-bond acceptors (Lipinski definition) is 1. The third kappa shape index (κ3) is 0.923. The molecular weight excluding hydrogens is 136 g/mol. The van der Waals surface area contributed by atoms with Crippen LogP contribution >= 0.6 is 0 Å². The maximum absolute atomic E-state index is 9.34. The van der Waals surface area contributed by atoms with E-state index in [2.05, 4.69) is 4.98 Å². The molecule has 2 heteroatoms. The molecule has 0 saturated carbocycles. The number of rotatable bonds is 0. The molecule has 0 atom stereocenters. The predicted octanol–water partition coefficient (Wildman–Crippen LogP) is 1.94. The second-order valence-corrected chi connectivity index (χ2v) is 2.37. The predicted molar refractivity (Wildman–Crippen MR) is 43.5 cm³/mol. The van der Waals surface area contributed by atoms with Gasteiger partial charge in [-0.15, -0.1) is 5.73 Å². The van der Waals surface area contributed by atoms with Gasteiger partial charge < -0.3 is 0 Å². The Morgan fingerprint density at radius 3 is 2.91 bits per heavy atom. The molecule has 52 valence electrons. The van der Waals surface area contributed by atoms with Gasteiger partial charge in [-0.3, -0.25) is 4.98 Å². The highest BCUT2D eigenvalue weighted by Crippen LogP contribution is 2.19. The van der Waals surface area contributed by atoms with Gasteiger partial charge in [0.05, 0.1) is 5.69 Å². The molecule has 0 amide bonds. The number of aromatic nitrogens is 1. The van der Waals surface area contributed by atoms with E-state index in [4.69, 9.17) is 0 Å². The van der Waals surface area contributed by atoms with Gasteiger partial charge in [-0.2, -0.15) is 0 Å². The first kappa shape index (κ1) is 6.16. The highest BCUT2D eigenvalue weighted by Gasteiger charge is 1.95. The minimum absolute atomic E-state index is 0.310. The molecule has 0 spiro atoms. The van der Waals surface area contributed by atoms with E-state index >= 15 is 0 Å². The van der Waals surface area contributed by atoms with Crippen LogP contribution in [0.3, 0.4) is 0 Å². The van der Waals surface area contributed by atoms with Crippen molar-refractivity contribution in [1.82, 2.24) is 10.7 Å². The molecule has 2 radical (unpaired) electrons. The number of pyridine rings is 1. The third-order valence-electron chi connectivity index (χ3n) is 1.66. The second kappa shape index (κ2) is 2.23. The summed E-state index contributed by atoms with van der Waals surface area (Å²) >= 11 is 0. The third-order valence-corrected chi connectivity index (χ3v) is 1.66. The fourth-order valence-corrected chi connectivity index (χ4v) is 1.11. The highest BCUT2D eigenvalue weighted by molar-refractivity contribution is 5.90. The normalized spacial score (nSPS) is 10.2. The largest absolute Gasteiger partial charge is 0.264 e. The average Bonchev–Trinajstić information content (AvgIpc) is 2.06. The fourth-order valence-electron chi connectivity index (χ4n) is 1.11. The molecule has 2 aromatic rings. The van der Waals surface area contributed by atoms with Crippen LogP contribution in [0.5, 0.6) is 0 Å². The molecule has 0 N–H and O–H groups in total. The van der Waals surface area contributed by atoms with E-state index in [1.165, 1.54) is 0 Å². The van der Waals surface area contributed by atoms with Gasteiger partial charge in [0.2, 0.25) is 0 Å². The Morgan fingerprint density at radius 2 is 2.09 bits per heavy atom. The minimum atomic E-state index is 0.310. The lowest BCUT2D eigenvalue weighted by atomic mass is 10.1. The smallest absolute Gasteiger partial charge is 0.0936 e. The molecule has 1 heterocycles. The van der Waals surface area contributed by atoms with Crippen molar-refractivity contribution in [3.63, 3.8) is 0 Å². The van der Waals surface area contributed by atoms with Gasteiger partial charge >= 0.3 is 0 Å². The van der Waals surface area contributed by atoms with Crippen molar-refractivity contribution in [2.75, 3.05) is 0 Å². The Labute approximate surface area is 64.7 Å². The molecule has 11 heavy (non-hydrogen) atoms. The van der Waals surface area contributed by atoms with Crippen LogP contribution in [0.1, 0.15) is 0 Å². The summed E-state index contributed by atoms with van der Waals surface area (Å²) in [4.78, 5) is 3.94. The summed E-state index contributed by atoms with van der Waals surface area (Å²) in [6.45, 7) is 0. The first-order valence-electron chi connectivity index (χ1n) is 3.39. The summed E-state index contributed by atoms with van der Waals surface area (Å²) in [5.41, 5.74) is 9.65. The molecule has 0 aliphatic carbocycles. The molecule has 0 saturated heterocycles. The lowest BCUT2D eigenvalue weighted by molar-refractivity contribution is 1.36. The zero-order valence-corrected chi connectivity index (χ0v) is 5.86. The van der Waals surface area contributed by atoms with Crippen molar-refractivity contribution in [3.05, 3.63) is 36.7 Å². The Hall–Kier alpha value is -1.57. The van der Waals surface area contributed by atoms with Gasteiger partial charge in [0.15, 0.2) is 0 Å².